The number of aliphatic carboxylic acids is 1. The molecule has 1 saturated heterocycles. The molecule has 5 heteroatoms. The predicted octanol–water partition coefficient (Wildman–Crippen LogP) is 1.62. The predicted molar refractivity (Wildman–Crippen MR) is 73.8 cm³/mol. The van der Waals surface area contributed by atoms with Crippen molar-refractivity contribution in [3.05, 3.63) is 34.9 Å². The van der Waals surface area contributed by atoms with Crippen molar-refractivity contribution in [1.82, 2.24) is 4.90 Å². The molecule has 0 spiro atoms. The van der Waals surface area contributed by atoms with E-state index in [2.05, 4.69) is 0 Å². The van der Waals surface area contributed by atoms with Gasteiger partial charge in [-0.05, 0) is 32.4 Å². The highest BCUT2D eigenvalue weighted by atomic mass is 16.5. The molecule has 0 bridgehead atoms. The zero-order valence-electron chi connectivity index (χ0n) is 11.9. The largest absolute Gasteiger partial charge is 0.479 e. The fourth-order valence-corrected chi connectivity index (χ4v) is 2.48. The number of amides is 1. The smallest absolute Gasteiger partial charge is 0.334 e. The van der Waals surface area contributed by atoms with Crippen LogP contribution in [0, 0.1) is 13.8 Å². The van der Waals surface area contributed by atoms with Gasteiger partial charge in [-0.15, -0.1) is 0 Å². The van der Waals surface area contributed by atoms with E-state index in [1.165, 1.54) is 0 Å². The van der Waals surface area contributed by atoms with E-state index in [9.17, 15) is 9.59 Å². The first-order valence-electron chi connectivity index (χ1n) is 6.63. The number of carbonyl (C=O) groups excluding carboxylic acids is 1. The Morgan fingerprint density at radius 2 is 2.00 bits per heavy atom. The average Bonchev–Trinajstić information content (AvgIpc) is 2.37. The molecule has 5 nitrogen and oxygen atoms in total. The van der Waals surface area contributed by atoms with Crippen LogP contribution in [0.3, 0.4) is 0 Å². The molecule has 1 aliphatic rings. The number of aryl methyl sites for hydroxylation is 2. The average molecular weight is 277 g/mol. The third kappa shape index (κ3) is 2.99. The molecule has 1 aromatic carbocycles. The molecule has 1 aliphatic heterocycles. The summed E-state index contributed by atoms with van der Waals surface area (Å²) >= 11 is 0. The molecule has 1 unspecified atom stereocenters. The summed E-state index contributed by atoms with van der Waals surface area (Å²) in [5.74, 6) is -1.17. The molecule has 1 aromatic rings. The van der Waals surface area contributed by atoms with Crippen LogP contribution in [-0.4, -0.2) is 47.2 Å². The van der Waals surface area contributed by atoms with Crippen LogP contribution in [0.1, 0.15) is 28.4 Å². The fourth-order valence-electron chi connectivity index (χ4n) is 2.48. The van der Waals surface area contributed by atoms with Crippen molar-refractivity contribution >= 4 is 11.9 Å². The highest BCUT2D eigenvalue weighted by Crippen LogP contribution is 2.18. The first-order chi connectivity index (χ1) is 9.38. The van der Waals surface area contributed by atoms with Gasteiger partial charge in [0.15, 0.2) is 6.10 Å². The number of carbonyl (C=O) groups is 2. The van der Waals surface area contributed by atoms with Crippen LogP contribution in [-0.2, 0) is 9.53 Å². The lowest BCUT2D eigenvalue weighted by molar-refractivity contribution is -0.160. The van der Waals surface area contributed by atoms with E-state index in [0.717, 1.165) is 11.1 Å². The lowest BCUT2D eigenvalue weighted by Crippen LogP contribution is -2.51. The molecule has 0 radical (unpaired) electrons. The number of carboxylic acids is 1. The second kappa shape index (κ2) is 5.63. The van der Waals surface area contributed by atoms with Crippen molar-refractivity contribution in [2.24, 2.45) is 0 Å². The number of benzene rings is 1. The lowest BCUT2D eigenvalue weighted by Gasteiger charge is -2.35. The third-order valence-electron chi connectivity index (χ3n) is 3.44. The first-order valence-corrected chi connectivity index (χ1v) is 6.63. The maximum Gasteiger partial charge on any atom is 0.334 e. The Balaban J connectivity index is 2.21. The van der Waals surface area contributed by atoms with Crippen LogP contribution < -0.4 is 0 Å². The third-order valence-corrected chi connectivity index (χ3v) is 3.44. The first kappa shape index (κ1) is 14.5. The van der Waals surface area contributed by atoms with Crippen molar-refractivity contribution in [2.45, 2.75) is 33.0 Å². The van der Waals surface area contributed by atoms with Crippen LogP contribution in [0.2, 0.25) is 0 Å². The lowest BCUT2D eigenvalue weighted by atomic mass is 10.0. The topological polar surface area (TPSA) is 66.8 Å². The fraction of sp³-hybridized carbons (Fsp3) is 0.467. The van der Waals surface area contributed by atoms with Gasteiger partial charge >= 0.3 is 5.97 Å². The Labute approximate surface area is 118 Å². The monoisotopic (exact) mass is 277 g/mol. The summed E-state index contributed by atoms with van der Waals surface area (Å²) in [5.41, 5.74) is 2.62. The maximum absolute atomic E-state index is 12.5. The highest BCUT2D eigenvalue weighted by Gasteiger charge is 2.33. The van der Waals surface area contributed by atoms with Crippen molar-refractivity contribution in [3.63, 3.8) is 0 Å². The highest BCUT2D eigenvalue weighted by molar-refractivity contribution is 5.96. The van der Waals surface area contributed by atoms with E-state index >= 15 is 0 Å². The molecule has 0 aromatic heterocycles. The summed E-state index contributed by atoms with van der Waals surface area (Å²) in [4.78, 5) is 25.1. The number of carboxylic acid groups (broad SMARTS) is 1. The Hall–Kier alpha value is -1.88. The minimum absolute atomic E-state index is 0.0891. The second-order valence-electron chi connectivity index (χ2n) is 5.30. The number of hydrogen-bond acceptors (Lipinski definition) is 3. The van der Waals surface area contributed by atoms with Gasteiger partial charge in [0.25, 0.3) is 5.91 Å². The Kier molecular flexibility index (Phi) is 4.09. The van der Waals surface area contributed by atoms with Gasteiger partial charge in [-0.1, -0.05) is 17.7 Å². The minimum Gasteiger partial charge on any atom is -0.479 e. The van der Waals surface area contributed by atoms with E-state index in [-0.39, 0.29) is 18.6 Å². The number of rotatable bonds is 2. The van der Waals surface area contributed by atoms with Crippen molar-refractivity contribution < 1.29 is 19.4 Å². The van der Waals surface area contributed by atoms with Gasteiger partial charge in [0.1, 0.15) is 0 Å². The molecule has 108 valence electrons. The molecule has 1 amide bonds. The molecule has 2 atom stereocenters. The summed E-state index contributed by atoms with van der Waals surface area (Å²) in [5, 5.41) is 9.05. The van der Waals surface area contributed by atoms with Gasteiger partial charge in [0, 0.05) is 12.1 Å². The van der Waals surface area contributed by atoms with Crippen molar-refractivity contribution in [1.29, 1.82) is 0 Å². The molecular weight excluding hydrogens is 258 g/mol. The Morgan fingerprint density at radius 3 is 2.60 bits per heavy atom. The van der Waals surface area contributed by atoms with Crippen molar-refractivity contribution in [2.75, 3.05) is 13.1 Å². The summed E-state index contributed by atoms with van der Waals surface area (Å²) in [6.07, 6.45) is -1.23. The summed E-state index contributed by atoms with van der Waals surface area (Å²) in [6.45, 7) is 6.14. The molecule has 1 fully saturated rings. The molecule has 0 aliphatic carbocycles. The quantitative estimate of drug-likeness (QED) is 0.892. The molecule has 0 saturated carbocycles. The van der Waals surface area contributed by atoms with Gasteiger partial charge in [-0.2, -0.15) is 0 Å². The van der Waals surface area contributed by atoms with Gasteiger partial charge in [-0.3, -0.25) is 4.79 Å². The molecule has 1 heterocycles. The van der Waals surface area contributed by atoms with E-state index < -0.39 is 12.1 Å². The van der Waals surface area contributed by atoms with E-state index in [0.29, 0.717) is 12.1 Å². The molecule has 2 rings (SSSR count). The number of ether oxygens (including phenoxy) is 1. The Bertz CT molecular complexity index is 541. The maximum atomic E-state index is 12.5. The van der Waals surface area contributed by atoms with Gasteiger partial charge in [0.2, 0.25) is 0 Å². The van der Waals surface area contributed by atoms with Crippen LogP contribution >= 0.6 is 0 Å². The minimum atomic E-state index is -1.03. The SMILES string of the molecule is Cc1ccc(C(=O)N2CC(C(=O)O)O[C@H](C)C2)c(C)c1. The molecule has 20 heavy (non-hydrogen) atoms. The molecule has 1 N–H and O–H groups in total. The number of morpholine rings is 1. The zero-order valence-corrected chi connectivity index (χ0v) is 11.9. The number of hydrogen-bond donors (Lipinski definition) is 1. The Morgan fingerprint density at radius 1 is 1.30 bits per heavy atom. The van der Waals surface area contributed by atoms with Crippen molar-refractivity contribution in [3.8, 4) is 0 Å². The van der Waals surface area contributed by atoms with Crippen LogP contribution in [0.5, 0.6) is 0 Å². The number of nitrogens with zero attached hydrogens (tertiary/aromatic N) is 1. The summed E-state index contributed by atoms with van der Waals surface area (Å²) in [6, 6.07) is 5.63. The summed E-state index contributed by atoms with van der Waals surface area (Å²) < 4.78 is 5.32. The van der Waals surface area contributed by atoms with E-state index in [4.69, 9.17) is 9.84 Å². The van der Waals surface area contributed by atoms with Crippen LogP contribution in [0.4, 0.5) is 0 Å². The standard InChI is InChI=1S/C15H19NO4/c1-9-4-5-12(10(2)6-9)14(17)16-7-11(3)20-13(8-16)15(18)19/h4-6,11,13H,7-8H2,1-3H3,(H,18,19)/t11-,13?/m1/s1. The van der Waals surface area contributed by atoms with E-state index in [1.807, 2.05) is 26.0 Å². The van der Waals surface area contributed by atoms with Crippen LogP contribution in [0.15, 0.2) is 18.2 Å². The van der Waals surface area contributed by atoms with E-state index in [1.54, 1.807) is 17.9 Å². The van der Waals surface area contributed by atoms with Gasteiger partial charge in [-0.25, -0.2) is 4.79 Å². The second-order valence-corrected chi connectivity index (χ2v) is 5.30. The summed E-state index contributed by atoms with van der Waals surface area (Å²) in [7, 11) is 0. The zero-order chi connectivity index (χ0) is 14.9. The van der Waals surface area contributed by atoms with Gasteiger partial charge < -0.3 is 14.7 Å². The van der Waals surface area contributed by atoms with Crippen LogP contribution in [0.25, 0.3) is 0 Å². The normalized spacial score (nSPS) is 22.6. The molecular formula is C15H19NO4. The van der Waals surface area contributed by atoms with Gasteiger partial charge in [0.05, 0.1) is 12.6 Å².